The maximum absolute atomic E-state index is 12.3. The number of ether oxygens (including phenoxy) is 2. The van der Waals surface area contributed by atoms with Gasteiger partial charge in [-0.1, -0.05) is 23.2 Å². The normalized spacial score (nSPS) is 13.7. The Bertz CT molecular complexity index is 769. The first kappa shape index (κ1) is 21.3. The lowest BCUT2D eigenvalue weighted by Crippen LogP contribution is -2.50. The summed E-state index contributed by atoms with van der Waals surface area (Å²) in [5.41, 5.74) is 0. The molecule has 7 nitrogen and oxygen atoms in total. The predicted octanol–water partition coefficient (Wildman–Crippen LogP) is 2.94. The van der Waals surface area contributed by atoms with Gasteiger partial charge in [0.1, 0.15) is 5.75 Å². The zero-order valence-corrected chi connectivity index (χ0v) is 16.9. The van der Waals surface area contributed by atoms with Crippen LogP contribution in [0.25, 0.3) is 0 Å². The predicted molar refractivity (Wildman–Crippen MR) is 107 cm³/mol. The van der Waals surface area contributed by atoms with Crippen LogP contribution in [0, 0.1) is 0 Å². The molecule has 1 aliphatic heterocycles. The average Bonchev–Trinajstić information content (AvgIpc) is 2.67. The number of halogens is 3. The third-order valence-corrected chi connectivity index (χ3v) is 4.57. The lowest BCUT2D eigenvalue weighted by molar-refractivity contribution is -0.133. The van der Waals surface area contributed by atoms with Gasteiger partial charge in [0.25, 0.3) is 5.91 Å². The quantitative estimate of drug-likeness (QED) is 0.722. The molecule has 1 aromatic carbocycles. The van der Waals surface area contributed by atoms with Crippen molar-refractivity contribution >= 4 is 47.3 Å². The van der Waals surface area contributed by atoms with Crippen LogP contribution in [0.2, 0.25) is 10.0 Å². The third kappa shape index (κ3) is 5.51. The number of amides is 1. The maximum Gasteiger partial charge on any atom is 0.260 e. The van der Waals surface area contributed by atoms with Crippen molar-refractivity contribution in [3.63, 3.8) is 0 Å². The fourth-order valence-electron chi connectivity index (χ4n) is 2.60. The molecule has 1 amide bonds. The molecule has 2 aromatic rings. The molecule has 0 N–H and O–H groups in total. The van der Waals surface area contributed by atoms with Crippen LogP contribution >= 0.6 is 35.6 Å². The summed E-state index contributed by atoms with van der Waals surface area (Å²) in [6.07, 6.45) is 0. The van der Waals surface area contributed by atoms with Crippen molar-refractivity contribution in [2.75, 3.05) is 44.8 Å². The van der Waals surface area contributed by atoms with Gasteiger partial charge in [-0.3, -0.25) is 4.79 Å². The SMILES string of the molecule is COc1ccc(N2CCN(C(=O)COc3ccc(Cl)cc3Cl)CC2)nn1.Cl. The van der Waals surface area contributed by atoms with Gasteiger partial charge in [-0.25, -0.2) is 0 Å². The molecule has 3 rings (SSSR count). The largest absolute Gasteiger partial charge is 0.482 e. The maximum atomic E-state index is 12.3. The molecule has 0 bridgehead atoms. The van der Waals surface area contributed by atoms with Gasteiger partial charge in [0.15, 0.2) is 12.4 Å². The second-order valence-corrected chi connectivity index (χ2v) is 6.51. The van der Waals surface area contributed by atoms with Crippen molar-refractivity contribution in [1.82, 2.24) is 15.1 Å². The number of nitrogens with zero attached hydrogens (tertiary/aromatic N) is 4. The van der Waals surface area contributed by atoms with E-state index in [1.54, 1.807) is 36.3 Å². The van der Waals surface area contributed by atoms with Crippen molar-refractivity contribution in [2.24, 2.45) is 0 Å². The Morgan fingerprint density at radius 1 is 1.11 bits per heavy atom. The Hall–Kier alpha value is -1.96. The standard InChI is InChI=1S/C17H18Cl2N4O3.ClH/c1-25-16-5-4-15(20-21-16)22-6-8-23(9-7-22)17(24)11-26-14-3-2-12(18)10-13(14)19;/h2-5,10H,6-9,11H2,1H3;1H. The highest BCUT2D eigenvalue weighted by molar-refractivity contribution is 6.35. The Morgan fingerprint density at radius 2 is 1.85 bits per heavy atom. The summed E-state index contributed by atoms with van der Waals surface area (Å²) >= 11 is 11.9. The van der Waals surface area contributed by atoms with Gasteiger partial charge in [0, 0.05) is 37.3 Å². The van der Waals surface area contributed by atoms with Gasteiger partial charge in [-0.15, -0.1) is 22.6 Å². The number of rotatable bonds is 5. The minimum atomic E-state index is -0.0866. The van der Waals surface area contributed by atoms with Gasteiger partial charge in [-0.2, -0.15) is 0 Å². The minimum absolute atomic E-state index is 0. The fourth-order valence-corrected chi connectivity index (χ4v) is 3.06. The number of benzene rings is 1. The Kier molecular flexibility index (Phi) is 7.77. The van der Waals surface area contributed by atoms with Gasteiger partial charge in [-0.05, 0) is 24.3 Å². The van der Waals surface area contributed by atoms with Crippen LogP contribution in [0.15, 0.2) is 30.3 Å². The summed E-state index contributed by atoms with van der Waals surface area (Å²) in [6.45, 7) is 2.46. The number of carbonyl (C=O) groups excluding carboxylic acids is 1. The van der Waals surface area contributed by atoms with E-state index in [1.807, 2.05) is 6.07 Å². The highest BCUT2D eigenvalue weighted by atomic mass is 35.5. The van der Waals surface area contributed by atoms with E-state index in [0.717, 1.165) is 5.82 Å². The smallest absolute Gasteiger partial charge is 0.260 e. The highest BCUT2D eigenvalue weighted by Gasteiger charge is 2.22. The molecular formula is C17H19Cl3N4O3. The van der Waals surface area contributed by atoms with Crippen LogP contribution in [-0.4, -0.2) is 60.9 Å². The molecule has 1 saturated heterocycles. The second-order valence-electron chi connectivity index (χ2n) is 5.67. The molecule has 0 unspecified atom stereocenters. The van der Waals surface area contributed by atoms with Crippen LogP contribution in [0.1, 0.15) is 0 Å². The van der Waals surface area contributed by atoms with Gasteiger partial charge in [0.2, 0.25) is 5.88 Å². The lowest BCUT2D eigenvalue weighted by Gasteiger charge is -2.35. The van der Waals surface area contributed by atoms with E-state index in [0.29, 0.717) is 47.9 Å². The summed E-state index contributed by atoms with van der Waals surface area (Å²) in [6, 6.07) is 8.52. The number of hydrogen-bond donors (Lipinski definition) is 0. The Balaban J connectivity index is 0.00000261. The first-order valence-electron chi connectivity index (χ1n) is 8.05. The first-order valence-corrected chi connectivity index (χ1v) is 8.80. The zero-order chi connectivity index (χ0) is 18.5. The summed E-state index contributed by atoms with van der Waals surface area (Å²) in [5, 5.41) is 9.00. The Morgan fingerprint density at radius 3 is 2.44 bits per heavy atom. The highest BCUT2D eigenvalue weighted by Crippen LogP contribution is 2.27. The lowest BCUT2D eigenvalue weighted by atomic mass is 10.3. The summed E-state index contributed by atoms with van der Waals surface area (Å²) in [5.74, 6) is 1.59. The summed E-state index contributed by atoms with van der Waals surface area (Å²) in [7, 11) is 1.55. The molecule has 1 aromatic heterocycles. The molecule has 10 heteroatoms. The van der Waals surface area contributed by atoms with Gasteiger partial charge in [0.05, 0.1) is 12.1 Å². The molecule has 0 saturated carbocycles. The van der Waals surface area contributed by atoms with E-state index in [1.165, 1.54) is 0 Å². The van der Waals surface area contributed by atoms with Crippen LogP contribution in [0.4, 0.5) is 5.82 Å². The number of piperazine rings is 1. The minimum Gasteiger partial charge on any atom is -0.482 e. The monoisotopic (exact) mass is 432 g/mol. The van der Waals surface area contributed by atoms with Gasteiger partial charge >= 0.3 is 0 Å². The van der Waals surface area contributed by atoms with Crippen LogP contribution < -0.4 is 14.4 Å². The van der Waals surface area contributed by atoms with Crippen LogP contribution in [-0.2, 0) is 4.79 Å². The molecule has 2 heterocycles. The molecule has 1 aliphatic rings. The van der Waals surface area contributed by atoms with E-state index in [9.17, 15) is 4.79 Å². The van der Waals surface area contributed by atoms with Crippen molar-refractivity contribution in [2.45, 2.75) is 0 Å². The van der Waals surface area contributed by atoms with Crippen molar-refractivity contribution in [3.8, 4) is 11.6 Å². The van der Waals surface area contributed by atoms with Crippen molar-refractivity contribution in [1.29, 1.82) is 0 Å². The summed E-state index contributed by atoms with van der Waals surface area (Å²) < 4.78 is 10.5. The number of carbonyl (C=O) groups is 1. The molecule has 0 radical (unpaired) electrons. The molecule has 0 atom stereocenters. The molecule has 0 aliphatic carbocycles. The number of methoxy groups -OCH3 is 1. The number of aromatic nitrogens is 2. The Labute approximate surface area is 173 Å². The van der Waals surface area contributed by atoms with Crippen LogP contribution in [0.5, 0.6) is 11.6 Å². The van der Waals surface area contributed by atoms with Crippen molar-refractivity contribution in [3.05, 3.63) is 40.4 Å². The molecular weight excluding hydrogens is 415 g/mol. The van der Waals surface area contributed by atoms with Crippen molar-refractivity contribution < 1.29 is 14.3 Å². The molecule has 146 valence electrons. The van der Waals surface area contributed by atoms with E-state index in [4.69, 9.17) is 32.7 Å². The van der Waals surface area contributed by atoms with Crippen LogP contribution in [0.3, 0.4) is 0 Å². The number of anilines is 1. The molecule has 0 spiro atoms. The molecule has 1 fully saturated rings. The third-order valence-electron chi connectivity index (χ3n) is 4.04. The topological polar surface area (TPSA) is 67.8 Å². The van der Waals surface area contributed by atoms with Gasteiger partial charge < -0.3 is 19.3 Å². The van der Waals surface area contributed by atoms with E-state index < -0.39 is 0 Å². The summed E-state index contributed by atoms with van der Waals surface area (Å²) in [4.78, 5) is 16.2. The van der Waals surface area contributed by atoms with E-state index in [-0.39, 0.29) is 24.9 Å². The molecule has 27 heavy (non-hydrogen) atoms. The number of hydrogen-bond acceptors (Lipinski definition) is 6. The average molecular weight is 434 g/mol. The second kappa shape index (κ2) is 9.82. The zero-order valence-electron chi connectivity index (χ0n) is 14.6. The first-order chi connectivity index (χ1) is 12.6. The van der Waals surface area contributed by atoms with E-state index >= 15 is 0 Å². The fraction of sp³-hybridized carbons (Fsp3) is 0.353. The van der Waals surface area contributed by atoms with E-state index in [2.05, 4.69) is 15.1 Å².